The standard InChI is InChI=1S/C26H23N3O6/c1-32-22-10-6-5-9-21(22)27-24(30)15-23-28-25(35-29-23)17-34-26(31)19-11-13-20(14-12-19)33-16-18-7-3-2-4-8-18/h2-14H,15-17H2,1H3,(H,27,30). The van der Waals surface area contributed by atoms with E-state index < -0.39 is 5.97 Å². The van der Waals surface area contributed by atoms with E-state index in [4.69, 9.17) is 18.7 Å². The number of benzene rings is 3. The molecule has 0 saturated heterocycles. The summed E-state index contributed by atoms with van der Waals surface area (Å²) in [6.45, 7) is 0.216. The number of hydrogen-bond acceptors (Lipinski definition) is 8. The summed E-state index contributed by atoms with van der Waals surface area (Å²) in [5, 5.41) is 6.49. The highest BCUT2D eigenvalue weighted by atomic mass is 16.6. The molecule has 9 nitrogen and oxygen atoms in total. The Balaban J connectivity index is 1.24. The largest absolute Gasteiger partial charge is 0.495 e. The van der Waals surface area contributed by atoms with Crippen molar-refractivity contribution in [3.8, 4) is 11.5 Å². The molecule has 1 heterocycles. The van der Waals surface area contributed by atoms with Crippen LogP contribution in [0, 0.1) is 0 Å². The van der Waals surface area contributed by atoms with Gasteiger partial charge in [-0.3, -0.25) is 4.79 Å². The lowest BCUT2D eigenvalue weighted by atomic mass is 10.2. The molecule has 3 aromatic carbocycles. The van der Waals surface area contributed by atoms with Gasteiger partial charge in [0.05, 0.1) is 24.8 Å². The van der Waals surface area contributed by atoms with Crippen LogP contribution in [0.2, 0.25) is 0 Å². The van der Waals surface area contributed by atoms with Crippen LogP contribution in [0.4, 0.5) is 5.69 Å². The Morgan fingerprint density at radius 3 is 2.43 bits per heavy atom. The molecule has 0 saturated carbocycles. The van der Waals surface area contributed by atoms with Gasteiger partial charge in [-0.15, -0.1) is 0 Å². The first-order valence-corrected chi connectivity index (χ1v) is 10.8. The van der Waals surface area contributed by atoms with Gasteiger partial charge < -0.3 is 24.1 Å². The van der Waals surface area contributed by atoms with Crippen molar-refractivity contribution in [2.24, 2.45) is 0 Å². The smallest absolute Gasteiger partial charge is 0.338 e. The predicted molar refractivity (Wildman–Crippen MR) is 126 cm³/mol. The molecule has 0 aliphatic carbocycles. The third-order valence-electron chi connectivity index (χ3n) is 4.87. The van der Waals surface area contributed by atoms with Crippen LogP contribution in [0.3, 0.4) is 0 Å². The lowest BCUT2D eigenvalue weighted by molar-refractivity contribution is -0.115. The molecule has 0 bridgehead atoms. The number of amides is 1. The number of anilines is 1. The number of nitrogens with zero attached hydrogens (tertiary/aromatic N) is 2. The summed E-state index contributed by atoms with van der Waals surface area (Å²) in [6, 6.07) is 23.5. The Morgan fingerprint density at radius 2 is 1.66 bits per heavy atom. The van der Waals surface area contributed by atoms with Gasteiger partial charge in [-0.1, -0.05) is 47.6 Å². The van der Waals surface area contributed by atoms with E-state index in [1.54, 1.807) is 48.5 Å². The van der Waals surface area contributed by atoms with Crippen molar-refractivity contribution in [1.29, 1.82) is 0 Å². The van der Waals surface area contributed by atoms with Crippen LogP contribution in [0.5, 0.6) is 11.5 Å². The van der Waals surface area contributed by atoms with Crippen LogP contribution < -0.4 is 14.8 Å². The number of carbonyl (C=O) groups is 2. The second-order valence-corrected chi connectivity index (χ2v) is 7.40. The minimum atomic E-state index is -0.548. The van der Waals surface area contributed by atoms with Crippen LogP contribution in [0.25, 0.3) is 0 Å². The molecular formula is C26H23N3O6. The molecule has 1 aromatic heterocycles. The van der Waals surface area contributed by atoms with Crippen molar-refractivity contribution in [1.82, 2.24) is 10.1 Å². The van der Waals surface area contributed by atoms with Crippen molar-refractivity contribution in [3.63, 3.8) is 0 Å². The first kappa shape index (κ1) is 23.5. The number of ether oxygens (including phenoxy) is 3. The number of para-hydroxylation sites is 2. The van der Waals surface area contributed by atoms with E-state index in [0.717, 1.165) is 5.56 Å². The van der Waals surface area contributed by atoms with E-state index in [1.807, 2.05) is 30.3 Å². The summed E-state index contributed by atoms with van der Waals surface area (Å²) in [6.07, 6.45) is -0.111. The SMILES string of the molecule is COc1ccccc1NC(=O)Cc1noc(COC(=O)c2ccc(OCc3ccccc3)cc2)n1. The van der Waals surface area contributed by atoms with Gasteiger partial charge in [-0.2, -0.15) is 4.98 Å². The molecule has 0 atom stereocenters. The number of rotatable bonds is 10. The summed E-state index contributed by atoms with van der Waals surface area (Å²) < 4.78 is 21.2. The number of carbonyl (C=O) groups excluding carboxylic acids is 2. The quantitative estimate of drug-likeness (QED) is 0.341. The Labute approximate surface area is 201 Å². The normalized spacial score (nSPS) is 10.4. The van der Waals surface area contributed by atoms with Gasteiger partial charge in [0.1, 0.15) is 18.1 Å². The number of nitrogens with one attached hydrogen (secondary N) is 1. The molecular weight excluding hydrogens is 450 g/mol. The zero-order valence-electron chi connectivity index (χ0n) is 19.0. The van der Waals surface area contributed by atoms with Gasteiger partial charge in [0.25, 0.3) is 5.89 Å². The van der Waals surface area contributed by atoms with E-state index in [9.17, 15) is 9.59 Å². The van der Waals surface area contributed by atoms with Crippen molar-refractivity contribution >= 4 is 17.6 Å². The van der Waals surface area contributed by atoms with Crippen LogP contribution in [0.1, 0.15) is 27.6 Å². The van der Waals surface area contributed by atoms with E-state index >= 15 is 0 Å². The summed E-state index contributed by atoms with van der Waals surface area (Å²) in [7, 11) is 1.52. The number of hydrogen-bond donors (Lipinski definition) is 1. The summed E-state index contributed by atoms with van der Waals surface area (Å²) >= 11 is 0. The molecule has 35 heavy (non-hydrogen) atoms. The van der Waals surface area contributed by atoms with E-state index in [-0.39, 0.29) is 30.7 Å². The summed E-state index contributed by atoms with van der Waals surface area (Å²) in [5.74, 6) is 0.544. The fourth-order valence-electron chi connectivity index (χ4n) is 3.15. The van der Waals surface area contributed by atoms with Gasteiger partial charge in [0, 0.05) is 0 Å². The molecule has 178 valence electrons. The second-order valence-electron chi connectivity index (χ2n) is 7.40. The third-order valence-corrected chi connectivity index (χ3v) is 4.87. The van der Waals surface area contributed by atoms with E-state index in [2.05, 4.69) is 15.5 Å². The van der Waals surface area contributed by atoms with E-state index in [1.165, 1.54) is 7.11 Å². The van der Waals surface area contributed by atoms with Crippen LogP contribution in [0.15, 0.2) is 83.4 Å². The van der Waals surface area contributed by atoms with E-state index in [0.29, 0.717) is 29.4 Å². The average molecular weight is 473 g/mol. The van der Waals surface area contributed by atoms with Crippen molar-refractivity contribution < 1.29 is 28.3 Å². The Morgan fingerprint density at radius 1 is 0.914 bits per heavy atom. The minimum Gasteiger partial charge on any atom is -0.495 e. The molecule has 0 aliphatic heterocycles. The summed E-state index contributed by atoms with van der Waals surface area (Å²) in [5.41, 5.74) is 1.94. The monoisotopic (exact) mass is 473 g/mol. The fourth-order valence-corrected chi connectivity index (χ4v) is 3.15. The molecule has 0 unspecified atom stereocenters. The molecule has 1 N–H and O–H groups in total. The first-order valence-electron chi connectivity index (χ1n) is 10.8. The van der Waals surface area contributed by atoms with Gasteiger partial charge in [0.2, 0.25) is 5.91 Å². The maximum atomic E-state index is 12.3. The maximum Gasteiger partial charge on any atom is 0.338 e. The lowest BCUT2D eigenvalue weighted by Crippen LogP contribution is -2.15. The van der Waals surface area contributed by atoms with Crippen molar-refractivity contribution in [2.45, 2.75) is 19.6 Å². The van der Waals surface area contributed by atoms with Crippen LogP contribution in [-0.4, -0.2) is 29.1 Å². The number of esters is 1. The average Bonchev–Trinajstić information content (AvgIpc) is 3.34. The molecule has 0 aliphatic rings. The van der Waals surface area contributed by atoms with Crippen molar-refractivity contribution in [2.75, 3.05) is 12.4 Å². The van der Waals surface area contributed by atoms with Crippen molar-refractivity contribution in [3.05, 3.63) is 102 Å². The van der Waals surface area contributed by atoms with Gasteiger partial charge in [-0.05, 0) is 42.0 Å². The summed E-state index contributed by atoms with van der Waals surface area (Å²) in [4.78, 5) is 28.7. The third kappa shape index (κ3) is 6.67. The molecule has 0 spiro atoms. The first-order chi connectivity index (χ1) is 17.1. The topological polar surface area (TPSA) is 113 Å². The van der Waals surface area contributed by atoms with Crippen LogP contribution >= 0.6 is 0 Å². The zero-order chi connectivity index (χ0) is 24.5. The highest BCUT2D eigenvalue weighted by Gasteiger charge is 2.15. The minimum absolute atomic E-state index is 0.0845. The molecule has 0 fully saturated rings. The van der Waals surface area contributed by atoms with Gasteiger partial charge in [0.15, 0.2) is 12.4 Å². The number of methoxy groups -OCH3 is 1. The Bertz CT molecular complexity index is 1270. The predicted octanol–water partition coefficient (Wildman–Crippen LogP) is 4.20. The molecule has 1 amide bonds. The zero-order valence-corrected chi connectivity index (χ0v) is 19.0. The van der Waals surface area contributed by atoms with Gasteiger partial charge >= 0.3 is 5.97 Å². The lowest BCUT2D eigenvalue weighted by Gasteiger charge is -2.08. The molecule has 0 radical (unpaired) electrons. The highest BCUT2D eigenvalue weighted by Crippen LogP contribution is 2.23. The number of aromatic nitrogens is 2. The molecule has 4 rings (SSSR count). The Kier molecular flexibility index (Phi) is 7.70. The Hall–Kier alpha value is -4.66. The van der Waals surface area contributed by atoms with Gasteiger partial charge in [-0.25, -0.2) is 4.79 Å². The second kappa shape index (κ2) is 11.5. The highest BCUT2D eigenvalue weighted by molar-refractivity contribution is 5.93. The van der Waals surface area contributed by atoms with Crippen LogP contribution in [-0.2, 0) is 29.2 Å². The fraction of sp³-hybridized carbons (Fsp3) is 0.154. The molecule has 9 heteroatoms. The molecule has 4 aromatic rings. The maximum absolute atomic E-state index is 12.3.